The Morgan fingerprint density at radius 1 is 1.24 bits per heavy atom. The van der Waals surface area contributed by atoms with Crippen LogP contribution in [0.15, 0.2) is 30.5 Å². The van der Waals surface area contributed by atoms with Gasteiger partial charge in [0.1, 0.15) is 11.6 Å². The highest BCUT2D eigenvalue weighted by Gasteiger charge is 2.07. The van der Waals surface area contributed by atoms with Gasteiger partial charge < -0.3 is 10.1 Å². The summed E-state index contributed by atoms with van der Waals surface area (Å²) in [6, 6.07) is 5.97. The average Bonchev–Trinajstić information content (AvgIpc) is 2.46. The van der Waals surface area contributed by atoms with Crippen molar-refractivity contribution >= 4 is 23.2 Å². The van der Waals surface area contributed by atoms with Crippen molar-refractivity contribution in [2.75, 3.05) is 6.54 Å². The molecule has 1 aromatic carbocycles. The maximum Gasteiger partial charge on any atom is 0.219 e. The van der Waals surface area contributed by atoms with Gasteiger partial charge in [-0.05, 0) is 30.7 Å². The van der Waals surface area contributed by atoms with Crippen LogP contribution in [0.5, 0.6) is 11.6 Å². The third-order valence-corrected chi connectivity index (χ3v) is 3.41. The molecule has 0 aliphatic rings. The molecule has 0 unspecified atom stereocenters. The first-order valence-electron chi connectivity index (χ1n) is 6.58. The molecule has 1 heterocycles. The molecular formula is C15H15Cl2FN2O. The lowest BCUT2D eigenvalue weighted by atomic mass is 10.2. The summed E-state index contributed by atoms with van der Waals surface area (Å²) in [6.45, 7) is 3.61. The van der Waals surface area contributed by atoms with Gasteiger partial charge in [-0.1, -0.05) is 30.1 Å². The third-order valence-electron chi connectivity index (χ3n) is 2.77. The van der Waals surface area contributed by atoms with Gasteiger partial charge in [0, 0.05) is 24.9 Å². The topological polar surface area (TPSA) is 34.1 Å². The van der Waals surface area contributed by atoms with Crippen molar-refractivity contribution in [3.8, 4) is 11.6 Å². The summed E-state index contributed by atoms with van der Waals surface area (Å²) in [7, 11) is 0. The van der Waals surface area contributed by atoms with E-state index in [0.29, 0.717) is 23.2 Å². The number of nitrogens with one attached hydrogen (secondary N) is 1. The van der Waals surface area contributed by atoms with E-state index >= 15 is 0 Å². The van der Waals surface area contributed by atoms with E-state index in [1.807, 2.05) is 0 Å². The second-order valence-electron chi connectivity index (χ2n) is 4.47. The molecule has 1 N–H and O–H groups in total. The molecule has 21 heavy (non-hydrogen) atoms. The SMILES string of the molecule is CCCNCc1cc(Oc2ccc(Cl)c(F)c2)ncc1Cl. The molecule has 3 nitrogen and oxygen atoms in total. The van der Waals surface area contributed by atoms with Crippen LogP contribution in [0.4, 0.5) is 4.39 Å². The zero-order chi connectivity index (χ0) is 15.2. The molecule has 2 aromatic rings. The lowest BCUT2D eigenvalue weighted by Gasteiger charge is -2.09. The van der Waals surface area contributed by atoms with E-state index in [4.69, 9.17) is 27.9 Å². The molecule has 0 spiro atoms. The van der Waals surface area contributed by atoms with Crippen LogP contribution < -0.4 is 10.1 Å². The third kappa shape index (κ3) is 4.56. The molecule has 0 fully saturated rings. The minimum atomic E-state index is -0.534. The van der Waals surface area contributed by atoms with E-state index < -0.39 is 5.82 Å². The van der Waals surface area contributed by atoms with Crippen LogP contribution in [0.3, 0.4) is 0 Å². The number of rotatable bonds is 6. The highest BCUT2D eigenvalue weighted by atomic mass is 35.5. The van der Waals surface area contributed by atoms with E-state index in [-0.39, 0.29) is 5.02 Å². The Bertz CT molecular complexity index is 623. The Hall–Kier alpha value is -1.36. The summed E-state index contributed by atoms with van der Waals surface area (Å²) < 4.78 is 18.9. The molecule has 0 saturated heterocycles. The summed E-state index contributed by atoms with van der Waals surface area (Å²) in [5, 5.41) is 3.87. The van der Waals surface area contributed by atoms with Gasteiger partial charge >= 0.3 is 0 Å². The van der Waals surface area contributed by atoms with Gasteiger partial charge in [0.25, 0.3) is 0 Å². The van der Waals surface area contributed by atoms with Crippen LogP contribution in [0.1, 0.15) is 18.9 Å². The zero-order valence-corrected chi connectivity index (χ0v) is 13.0. The number of hydrogen-bond acceptors (Lipinski definition) is 3. The maximum absolute atomic E-state index is 13.4. The lowest BCUT2D eigenvalue weighted by Crippen LogP contribution is -2.14. The van der Waals surface area contributed by atoms with Crippen molar-refractivity contribution < 1.29 is 9.13 Å². The van der Waals surface area contributed by atoms with E-state index in [0.717, 1.165) is 18.5 Å². The maximum atomic E-state index is 13.4. The molecule has 0 atom stereocenters. The van der Waals surface area contributed by atoms with Crippen molar-refractivity contribution in [3.63, 3.8) is 0 Å². The predicted molar refractivity (Wildman–Crippen MR) is 82.7 cm³/mol. The Morgan fingerprint density at radius 2 is 2.05 bits per heavy atom. The van der Waals surface area contributed by atoms with Crippen molar-refractivity contribution in [1.29, 1.82) is 0 Å². The van der Waals surface area contributed by atoms with Crippen molar-refractivity contribution in [1.82, 2.24) is 10.3 Å². The summed E-state index contributed by atoms with van der Waals surface area (Å²) in [6.07, 6.45) is 2.56. The van der Waals surface area contributed by atoms with Crippen molar-refractivity contribution in [3.05, 3.63) is 51.9 Å². The van der Waals surface area contributed by atoms with Gasteiger partial charge in [-0.15, -0.1) is 0 Å². The Morgan fingerprint density at radius 3 is 2.76 bits per heavy atom. The fraction of sp³-hybridized carbons (Fsp3) is 0.267. The number of halogens is 3. The van der Waals surface area contributed by atoms with Gasteiger partial charge in [-0.3, -0.25) is 0 Å². The Labute approximate surface area is 133 Å². The summed E-state index contributed by atoms with van der Waals surface area (Å²) >= 11 is 11.7. The molecule has 6 heteroatoms. The largest absolute Gasteiger partial charge is 0.439 e. The molecule has 0 radical (unpaired) electrons. The minimum Gasteiger partial charge on any atom is -0.439 e. The predicted octanol–water partition coefficient (Wildman–Crippen LogP) is 4.82. The standard InChI is InChI=1S/C15H15Cl2FN2O/c1-2-5-19-8-10-6-15(20-9-13(10)17)21-11-3-4-12(16)14(18)7-11/h3-4,6-7,9,19H,2,5,8H2,1H3. The molecule has 0 aliphatic carbocycles. The zero-order valence-electron chi connectivity index (χ0n) is 11.5. The molecule has 0 amide bonds. The Kier molecular flexibility index (Phi) is 5.79. The molecule has 0 saturated carbocycles. The highest BCUT2D eigenvalue weighted by molar-refractivity contribution is 6.31. The number of hydrogen-bond donors (Lipinski definition) is 1. The molecule has 0 bridgehead atoms. The van der Waals surface area contributed by atoms with Crippen LogP contribution in [0.2, 0.25) is 10.0 Å². The van der Waals surface area contributed by atoms with Gasteiger partial charge in [-0.25, -0.2) is 9.37 Å². The second-order valence-corrected chi connectivity index (χ2v) is 5.28. The number of aromatic nitrogens is 1. The quantitative estimate of drug-likeness (QED) is 0.772. The second kappa shape index (κ2) is 7.59. The van der Waals surface area contributed by atoms with E-state index in [9.17, 15) is 4.39 Å². The van der Waals surface area contributed by atoms with Gasteiger partial charge in [-0.2, -0.15) is 0 Å². The number of ether oxygens (including phenoxy) is 1. The van der Waals surface area contributed by atoms with E-state index in [2.05, 4.69) is 17.2 Å². The summed E-state index contributed by atoms with van der Waals surface area (Å²) in [5.41, 5.74) is 0.879. The van der Waals surface area contributed by atoms with Crippen LogP contribution in [-0.4, -0.2) is 11.5 Å². The van der Waals surface area contributed by atoms with Crippen LogP contribution in [0.25, 0.3) is 0 Å². The van der Waals surface area contributed by atoms with Gasteiger partial charge in [0.15, 0.2) is 0 Å². The van der Waals surface area contributed by atoms with Crippen molar-refractivity contribution in [2.24, 2.45) is 0 Å². The fourth-order valence-electron chi connectivity index (χ4n) is 1.71. The Balaban J connectivity index is 2.12. The number of nitrogens with zero attached hydrogens (tertiary/aromatic N) is 1. The number of benzene rings is 1. The summed E-state index contributed by atoms with van der Waals surface area (Å²) in [4.78, 5) is 4.08. The normalized spacial score (nSPS) is 10.7. The number of pyridine rings is 1. The first-order chi connectivity index (χ1) is 10.1. The van der Waals surface area contributed by atoms with Gasteiger partial charge in [0.2, 0.25) is 5.88 Å². The van der Waals surface area contributed by atoms with Crippen molar-refractivity contribution in [2.45, 2.75) is 19.9 Å². The minimum absolute atomic E-state index is 0.0517. The fourth-order valence-corrected chi connectivity index (χ4v) is 2.00. The van der Waals surface area contributed by atoms with E-state index in [1.54, 1.807) is 12.1 Å². The average molecular weight is 329 g/mol. The monoisotopic (exact) mass is 328 g/mol. The molecule has 1 aromatic heterocycles. The van der Waals surface area contributed by atoms with Crippen LogP contribution in [-0.2, 0) is 6.54 Å². The van der Waals surface area contributed by atoms with Gasteiger partial charge in [0.05, 0.1) is 10.0 Å². The van der Waals surface area contributed by atoms with Crippen LogP contribution >= 0.6 is 23.2 Å². The lowest BCUT2D eigenvalue weighted by molar-refractivity contribution is 0.457. The molecular weight excluding hydrogens is 314 g/mol. The molecule has 2 rings (SSSR count). The molecule has 112 valence electrons. The van der Waals surface area contributed by atoms with E-state index in [1.165, 1.54) is 18.3 Å². The first-order valence-corrected chi connectivity index (χ1v) is 7.33. The smallest absolute Gasteiger partial charge is 0.219 e. The first kappa shape index (κ1) is 16.0. The molecule has 0 aliphatic heterocycles. The van der Waals surface area contributed by atoms with Crippen LogP contribution in [0, 0.1) is 5.82 Å². The summed E-state index contributed by atoms with van der Waals surface area (Å²) in [5.74, 6) is 0.154. The highest BCUT2D eigenvalue weighted by Crippen LogP contribution is 2.26.